The number of amides is 1. The van der Waals surface area contributed by atoms with Crippen molar-refractivity contribution < 1.29 is 19.0 Å². The van der Waals surface area contributed by atoms with Gasteiger partial charge in [-0.3, -0.25) is 14.7 Å². The summed E-state index contributed by atoms with van der Waals surface area (Å²) in [5.41, 5.74) is 1.06. The predicted molar refractivity (Wildman–Crippen MR) is 103 cm³/mol. The molecule has 2 aliphatic heterocycles. The highest BCUT2D eigenvalue weighted by Gasteiger charge is 2.26. The fourth-order valence-corrected chi connectivity index (χ4v) is 4.65. The maximum atomic E-state index is 13.0. The summed E-state index contributed by atoms with van der Waals surface area (Å²) in [5, 5.41) is 4.39. The Bertz CT molecular complexity index is 972. The zero-order chi connectivity index (χ0) is 18.7. The molecule has 0 spiro atoms. The number of carbonyl (C=O) groups is 1. The van der Waals surface area contributed by atoms with E-state index in [0.717, 1.165) is 0 Å². The van der Waals surface area contributed by atoms with E-state index in [4.69, 9.17) is 14.2 Å². The number of hydrogen-bond acceptors (Lipinski definition) is 7. The molecule has 0 bridgehead atoms. The van der Waals surface area contributed by atoms with Gasteiger partial charge in [-0.2, -0.15) is 0 Å². The average Bonchev–Trinajstić information content (AvgIpc) is 3.22. The maximum Gasteiger partial charge on any atom is 0.412 e. The van der Waals surface area contributed by atoms with Gasteiger partial charge < -0.3 is 14.2 Å². The first-order valence-electron chi connectivity index (χ1n) is 7.50. The number of carbonyl (C=O) groups excluding carboxylic acids is 1. The summed E-state index contributed by atoms with van der Waals surface area (Å²) in [6, 6.07) is 5.17. The van der Waals surface area contributed by atoms with Gasteiger partial charge in [-0.15, -0.1) is 0 Å². The van der Waals surface area contributed by atoms with Gasteiger partial charge >= 0.3 is 6.09 Å². The van der Waals surface area contributed by atoms with Crippen molar-refractivity contribution in [2.24, 2.45) is 0 Å². The Balaban J connectivity index is 2.09. The molecule has 0 saturated heterocycles. The third kappa shape index (κ3) is 3.18. The number of aromatic nitrogens is 1. The van der Waals surface area contributed by atoms with Gasteiger partial charge in [0.15, 0.2) is 0 Å². The molecule has 7 nitrogen and oxygen atoms in total. The molecule has 2 aliphatic rings. The Morgan fingerprint density at radius 1 is 1.35 bits per heavy atom. The molecule has 0 saturated carbocycles. The summed E-state index contributed by atoms with van der Waals surface area (Å²) in [4.78, 5) is 25.5. The highest BCUT2D eigenvalue weighted by atomic mass is 32.9. The number of nitrogens with one attached hydrogen (secondary N) is 1. The molecule has 1 N–H and O–H groups in total. The SMILES string of the molecule is C=CCOC(=O)Nc1c2sscc-2n(-c2ccc(OC)cc2OC)c1=O. The molecule has 26 heavy (non-hydrogen) atoms. The first-order chi connectivity index (χ1) is 12.6. The number of nitrogens with zero attached hydrogens (tertiary/aromatic N) is 1. The number of anilines is 1. The Morgan fingerprint density at radius 2 is 2.15 bits per heavy atom. The van der Waals surface area contributed by atoms with Crippen LogP contribution < -0.4 is 20.3 Å². The third-order valence-corrected chi connectivity index (χ3v) is 5.67. The lowest BCUT2D eigenvalue weighted by Gasteiger charge is -2.11. The van der Waals surface area contributed by atoms with E-state index in [9.17, 15) is 9.59 Å². The van der Waals surface area contributed by atoms with Crippen LogP contribution in [0.3, 0.4) is 0 Å². The van der Waals surface area contributed by atoms with Gasteiger partial charge in [0, 0.05) is 11.4 Å². The minimum absolute atomic E-state index is 0.0588. The second-order valence-electron chi connectivity index (χ2n) is 5.08. The lowest BCUT2D eigenvalue weighted by molar-refractivity contribution is 0.174. The van der Waals surface area contributed by atoms with Crippen LogP contribution in [0.1, 0.15) is 0 Å². The maximum absolute atomic E-state index is 13.0. The summed E-state index contributed by atoms with van der Waals surface area (Å²) in [6.07, 6.45) is 0.745. The van der Waals surface area contributed by atoms with Crippen LogP contribution in [0.4, 0.5) is 10.5 Å². The third-order valence-electron chi connectivity index (χ3n) is 3.60. The van der Waals surface area contributed by atoms with Crippen LogP contribution in [0.5, 0.6) is 11.5 Å². The van der Waals surface area contributed by atoms with Crippen LogP contribution in [0.25, 0.3) is 16.3 Å². The van der Waals surface area contributed by atoms with Crippen LogP contribution in [-0.2, 0) is 4.74 Å². The van der Waals surface area contributed by atoms with E-state index in [2.05, 4.69) is 11.9 Å². The van der Waals surface area contributed by atoms with Crippen molar-refractivity contribution in [3.8, 4) is 27.8 Å². The highest BCUT2D eigenvalue weighted by Crippen LogP contribution is 2.40. The second-order valence-corrected chi connectivity index (χ2v) is 7.16. The van der Waals surface area contributed by atoms with Crippen LogP contribution in [0.2, 0.25) is 0 Å². The molecule has 3 rings (SSSR count). The Morgan fingerprint density at radius 3 is 2.85 bits per heavy atom. The Labute approximate surface area is 156 Å². The van der Waals surface area contributed by atoms with Crippen molar-refractivity contribution in [3.05, 3.63) is 46.6 Å². The lowest BCUT2D eigenvalue weighted by Crippen LogP contribution is -2.21. The predicted octanol–water partition coefficient (Wildman–Crippen LogP) is 3.82. The minimum atomic E-state index is -0.707. The van der Waals surface area contributed by atoms with Gasteiger partial charge in [-0.25, -0.2) is 4.79 Å². The second kappa shape index (κ2) is 7.63. The minimum Gasteiger partial charge on any atom is -0.497 e. The fourth-order valence-electron chi connectivity index (χ4n) is 2.45. The lowest BCUT2D eigenvalue weighted by atomic mass is 10.2. The van der Waals surface area contributed by atoms with Crippen LogP contribution in [-0.4, -0.2) is 31.5 Å². The van der Waals surface area contributed by atoms with Crippen LogP contribution >= 0.6 is 20.7 Å². The summed E-state index contributed by atoms with van der Waals surface area (Å²) in [6.45, 7) is 3.54. The van der Waals surface area contributed by atoms with E-state index in [1.165, 1.54) is 38.4 Å². The number of hydrogen-bond donors (Lipinski definition) is 1. The van der Waals surface area contributed by atoms with E-state index >= 15 is 0 Å². The summed E-state index contributed by atoms with van der Waals surface area (Å²) in [5.74, 6) is 1.09. The monoisotopic (exact) mass is 392 g/mol. The number of fused-ring (bicyclic) bond motifs is 1. The Hall–Kier alpha value is -2.78. The molecule has 2 heterocycles. The molecule has 0 unspecified atom stereocenters. The van der Waals surface area contributed by atoms with Gasteiger partial charge in [0.2, 0.25) is 0 Å². The van der Waals surface area contributed by atoms with Gasteiger partial charge in [0.05, 0.1) is 30.5 Å². The molecule has 1 aromatic carbocycles. The average molecular weight is 392 g/mol. The van der Waals surface area contributed by atoms with E-state index in [0.29, 0.717) is 27.8 Å². The van der Waals surface area contributed by atoms with Crippen LogP contribution in [0.15, 0.2) is 41.0 Å². The van der Waals surface area contributed by atoms with E-state index in [-0.39, 0.29) is 17.9 Å². The van der Waals surface area contributed by atoms with Crippen molar-refractivity contribution in [3.63, 3.8) is 0 Å². The van der Waals surface area contributed by atoms with Crippen molar-refractivity contribution in [2.45, 2.75) is 0 Å². The standard InChI is InChI=1S/C17H16N2O5S2/c1-4-7-24-17(21)18-14-15-12(9-25-26-15)19(16(14)20)11-6-5-10(22-2)8-13(11)23-3/h4-6,8-9H,1,7H2,2-3H3,(H,18,21). The summed E-state index contributed by atoms with van der Waals surface area (Å²) < 4.78 is 17.0. The molecular weight excluding hydrogens is 376 g/mol. The van der Waals surface area contributed by atoms with Crippen molar-refractivity contribution in [1.29, 1.82) is 0 Å². The molecule has 0 fully saturated rings. The number of ether oxygens (including phenoxy) is 3. The number of rotatable bonds is 6. The number of methoxy groups -OCH3 is 2. The molecule has 136 valence electrons. The fraction of sp³-hybridized carbons (Fsp3) is 0.176. The van der Waals surface area contributed by atoms with Gasteiger partial charge in [0.25, 0.3) is 5.56 Å². The van der Waals surface area contributed by atoms with Crippen molar-refractivity contribution >= 4 is 32.5 Å². The molecule has 1 amide bonds. The normalized spacial score (nSPS) is 10.5. The summed E-state index contributed by atoms with van der Waals surface area (Å²) in [7, 11) is 5.93. The molecule has 0 radical (unpaired) electrons. The van der Waals surface area contributed by atoms with E-state index < -0.39 is 6.09 Å². The van der Waals surface area contributed by atoms with E-state index in [1.807, 2.05) is 5.38 Å². The van der Waals surface area contributed by atoms with E-state index in [1.54, 1.807) is 25.3 Å². The molecule has 1 aromatic rings. The largest absolute Gasteiger partial charge is 0.497 e. The molecule has 0 aromatic heterocycles. The zero-order valence-electron chi connectivity index (χ0n) is 14.1. The van der Waals surface area contributed by atoms with Gasteiger partial charge in [0.1, 0.15) is 23.8 Å². The first-order valence-corrected chi connectivity index (χ1v) is 9.71. The first kappa shape index (κ1) is 18.0. The molecule has 0 aliphatic carbocycles. The topological polar surface area (TPSA) is 78.8 Å². The summed E-state index contributed by atoms with van der Waals surface area (Å²) >= 11 is 0. The molecule has 0 atom stereocenters. The van der Waals surface area contributed by atoms with Gasteiger partial charge in [-0.05, 0) is 12.1 Å². The van der Waals surface area contributed by atoms with Crippen molar-refractivity contribution in [2.75, 3.05) is 26.1 Å². The molecule has 9 heteroatoms. The number of benzene rings is 1. The van der Waals surface area contributed by atoms with Crippen LogP contribution in [0, 0.1) is 0 Å². The zero-order valence-corrected chi connectivity index (χ0v) is 15.7. The Kier molecular flexibility index (Phi) is 5.29. The highest BCUT2D eigenvalue weighted by molar-refractivity contribution is 7.70. The quantitative estimate of drug-likeness (QED) is 0.510. The smallest absolute Gasteiger partial charge is 0.412 e. The van der Waals surface area contributed by atoms with Crippen molar-refractivity contribution in [1.82, 2.24) is 4.57 Å². The molecular formula is C17H16N2O5S2. The van der Waals surface area contributed by atoms with Gasteiger partial charge in [-0.1, -0.05) is 33.3 Å².